The predicted octanol–water partition coefficient (Wildman–Crippen LogP) is 3.60. The highest BCUT2D eigenvalue weighted by Crippen LogP contribution is 0.952. The van der Waals surface area contributed by atoms with Gasteiger partial charge in [0, 0.05) is 0 Å². The first-order valence-electron chi connectivity index (χ1n) is 0.855. The first kappa shape index (κ1) is 135. The van der Waals surface area contributed by atoms with Gasteiger partial charge in [0.15, 0.2) is 0 Å². The van der Waals surface area contributed by atoms with Crippen LogP contribution in [-0.2, 0) is 9.59 Å². The molecule has 0 saturated carbocycles. The van der Waals surface area contributed by atoms with Crippen LogP contribution in [0.5, 0.6) is 0 Å². The molecule has 0 bridgehead atoms. The van der Waals surface area contributed by atoms with Gasteiger partial charge in [-0.05, 0) is 12.2 Å². The summed E-state index contributed by atoms with van der Waals surface area (Å²) < 4.78 is 0. The molecule has 0 N–H and O–H groups in total. The second-order valence-corrected chi connectivity index (χ2v) is 0.183. The molecule has 0 fully saturated rings. The molecule has 0 aromatic rings. The van der Waals surface area contributed by atoms with E-state index in [0.717, 1.165) is 0 Å². The van der Waals surface area contributed by atoms with E-state index < -0.39 is 0 Å². The Morgan fingerprint density at radius 3 is 0.583 bits per heavy atom. The Hall–Kier alpha value is -1.24. The lowest BCUT2D eigenvalue weighted by atomic mass is 11.7. The van der Waals surface area contributed by atoms with Gasteiger partial charge in [-0.1, -0.05) is 44.6 Å². The minimum absolute atomic E-state index is 0. The highest BCUT2D eigenvalue weighted by atomic mass is 16.1. The molecular weight excluding hydrogens is 156 g/mol. The van der Waals surface area contributed by atoms with Crippen LogP contribution in [0.25, 0.3) is 10.8 Å². The van der Waals surface area contributed by atoms with Crippen molar-refractivity contribution in [1.29, 1.82) is 0 Å². The average molecular weight is 180 g/mol. The van der Waals surface area contributed by atoms with Crippen molar-refractivity contribution in [1.82, 2.24) is 0 Å². The van der Waals surface area contributed by atoms with Crippen molar-refractivity contribution in [2.45, 2.75) is 44.6 Å². The van der Waals surface area contributed by atoms with Crippen molar-refractivity contribution in [2.75, 3.05) is 0 Å². The maximum Gasteiger partial charge on any atom is -0.0159 e. The molecule has 4 heteroatoms. The van der Waals surface area contributed by atoms with Crippen LogP contribution in [0.15, 0.2) is 0 Å². The Labute approximate surface area is 78.0 Å². The summed E-state index contributed by atoms with van der Waals surface area (Å²) >= 11 is 0. The molecule has 0 aliphatic rings. The molecule has 0 aromatic carbocycles. The molecule has 4 nitrogen and oxygen atoms in total. The zero-order valence-electron chi connectivity index (χ0n) is 2.71. The molecule has 12 heavy (non-hydrogen) atoms. The summed E-state index contributed by atoms with van der Waals surface area (Å²) in [6.07, 6.45) is 1.00. The molecule has 0 aliphatic carbocycles. The van der Waals surface area contributed by atoms with Crippen LogP contribution in [0.1, 0.15) is 44.6 Å². The topological polar surface area (TPSA) is 78.7 Å². The molecule has 0 aromatic heterocycles. The summed E-state index contributed by atoms with van der Waals surface area (Å²) in [7, 11) is 0. The van der Waals surface area contributed by atoms with Gasteiger partial charge in [-0.15, -0.1) is 0 Å². The molecule has 0 radical (unpaired) electrons. The zero-order chi connectivity index (χ0) is 5.41. The largest absolute Gasteiger partial charge is 0.724 e. The van der Waals surface area contributed by atoms with E-state index in [4.69, 9.17) is 20.4 Å². The highest BCUT2D eigenvalue weighted by molar-refractivity contribution is 5.37. The number of isocyanates is 2. The second kappa shape index (κ2) is 1300. The summed E-state index contributed by atoms with van der Waals surface area (Å²) in [5.74, 6) is 0. The van der Waals surface area contributed by atoms with Crippen LogP contribution in [0, 0.1) is 0 Å². The number of hydrogen-bond donors (Lipinski definition) is 0. The third kappa shape index (κ3) is 343. The van der Waals surface area contributed by atoms with Gasteiger partial charge < -0.3 is 10.8 Å². The fraction of sp³-hybridized carbons (Fsp3) is 0.750. The summed E-state index contributed by atoms with van der Waals surface area (Å²) in [5.41, 5.74) is 0. The molecule has 0 atom stereocenters. The smallest absolute Gasteiger partial charge is 0.0159 e. The highest BCUT2D eigenvalue weighted by Gasteiger charge is 0.793. The molecule has 0 aliphatic heterocycles. The predicted molar refractivity (Wildman–Crippen MR) is 58.5 cm³/mol. The van der Waals surface area contributed by atoms with Gasteiger partial charge in [0.05, 0.1) is 0 Å². The first-order chi connectivity index (χ1) is 2.83. The van der Waals surface area contributed by atoms with Crippen LogP contribution >= 0.6 is 0 Å². The van der Waals surface area contributed by atoms with Crippen molar-refractivity contribution in [3.8, 4) is 0 Å². The molecule has 80 valence electrons. The van der Waals surface area contributed by atoms with Crippen LogP contribution in [0.3, 0.4) is 0 Å². The van der Waals surface area contributed by atoms with E-state index in [1.165, 1.54) is 0 Å². The maximum absolute atomic E-state index is 8.24. The van der Waals surface area contributed by atoms with E-state index in [9.17, 15) is 0 Å². The fourth-order valence-electron chi connectivity index (χ4n) is 0. The Balaban J connectivity index is -0.00000000296. The van der Waals surface area contributed by atoms with Crippen LogP contribution < -0.4 is 0 Å². The summed E-state index contributed by atoms with van der Waals surface area (Å²) in [6, 6.07) is 0. The third-order valence-corrected chi connectivity index (χ3v) is 0. The Bertz CT molecular complexity index is 69.1. The zero-order valence-corrected chi connectivity index (χ0v) is 2.71. The van der Waals surface area contributed by atoms with Crippen molar-refractivity contribution < 1.29 is 9.59 Å². The van der Waals surface area contributed by atoms with Gasteiger partial charge in [-0.2, -0.15) is 0 Å². The van der Waals surface area contributed by atoms with Crippen LogP contribution in [0.4, 0.5) is 0 Å². The van der Waals surface area contributed by atoms with E-state index in [2.05, 4.69) is 0 Å². The fourth-order valence-corrected chi connectivity index (χ4v) is 0. The van der Waals surface area contributed by atoms with E-state index in [-0.39, 0.29) is 44.6 Å². The lowest BCUT2D eigenvalue weighted by molar-refractivity contribution is 0.568. The number of rotatable bonds is 0. The molecule has 0 rings (SSSR count). The second-order valence-electron chi connectivity index (χ2n) is 0.183. The van der Waals surface area contributed by atoms with E-state index in [1.807, 2.05) is 0 Å². The van der Waals surface area contributed by atoms with Crippen molar-refractivity contribution >= 4 is 12.2 Å². The summed E-state index contributed by atoms with van der Waals surface area (Å²) in [6.45, 7) is 0. The Morgan fingerprint density at radius 1 is 0.583 bits per heavy atom. The monoisotopic (exact) mass is 180 g/mol. The van der Waals surface area contributed by atoms with Gasteiger partial charge in [-0.3, -0.25) is 9.59 Å². The molecule has 0 unspecified atom stereocenters. The number of carbonyl (C=O) groups excluding carboxylic acids is 2. The lowest BCUT2D eigenvalue weighted by Gasteiger charge is -1.32. The van der Waals surface area contributed by atoms with E-state index >= 15 is 0 Å². The quantitative estimate of drug-likeness (QED) is 0.421. The Morgan fingerprint density at radius 2 is 0.583 bits per heavy atom. The molecule has 0 heterocycles. The van der Waals surface area contributed by atoms with Crippen molar-refractivity contribution in [2.24, 2.45) is 0 Å². The SMILES string of the molecule is C.C.C.C.C.C.[N-]=C=O.[N-]=C=O. The number of nitrogens with zero attached hydrogens (tertiary/aromatic N) is 2. The van der Waals surface area contributed by atoms with Gasteiger partial charge in [0.2, 0.25) is 0 Å². The normalized spacial score (nSPS) is 1.33. The maximum atomic E-state index is 8.24. The van der Waals surface area contributed by atoms with Gasteiger partial charge in [0.25, 0.3) is 0 Å². The van der Waals surface area contributed by atoms with Crippen molar-refractivity contribution in [3.63, 3.8) is 0 Å². The molecular formula is C8H24N2O2-2. The van der Waals surface area contributed by atoms with Crippen LogP contribution in [0.2, 0.25) is 0 Å². The summed E-state index contributed by atoms with van der Waals surface area (Å²) in [5, 5.41) is 13.5. The molecule has 0 spiro atoms. The van der Waals surface area contributed by atoms with Gasteiger partial charge in [0.1, 0.15) is 0 Å². The minimum atomic E-state index is 0. The summed E-state index contributed by atoms with van der Waals surface area (Å²) in [4.78, 5) is 16.5. The molecule has 0 amide bonds. The minimum Gasteiger partial charge on any atom is -0.724 e. The Kier molecular flexibility index (Phi) is 14500. The number of hydrogen-bond acceptors (Lipinski definition) is 2. The lowest BCUT2D eigenvalue weighted by Crippen LogP contribution is -1.13. The van der Waals surface area contributed by atoms with E-state index in [1.54, 1.807) is 0 Å². The third-order valence-electron chi connectivity index (χ3n) is 0. The van der Waals surface area contributed by atoms with Crippen molar-refractivity contribution in [3.05, 3.63) is 10.8 Å². The average Bonchev–Trinajstić information content (AvgIpc) is 1.39. The van der Waals surface area contributed by atoms with E-state index in [0.29, 0.717) is 12.2 Å². The van der Waals surface area contributed by atoms with Gasteiger partial charge >= 0.3 is 0 Å². The van der Waals surface area contributed by atoms with Gasteiger partial charge in [-0.25, -0.2) is 0 Å². The molecule has 0 saturated heterocycles. The first-order valence-corrected chi connectivity index (χ1v) is 0.855. The van der Waals surface area contributed by atoms with Crippen LogP contribution in [-0.4, -0.2) is 12.2 Å². The standard InChI is InChI=1S/2CNO.6CH4/c2*2-1-3;;;;;;/h;;6*1H4/q2*-1;;;;;;.